The first kappa shape index (κ1) is 25.8. The quantitative estimate of drug-likeness (QED) is 0.420. The van der Waals surface area contributed by atoms with Gasteiger partial charge < -0.3 is 15.1 Å². The average Bonchev–Trinajstić information content (AvgIpc) is 3.25. The third-order valence-electron chi connectivity index (χ3n) is 6.60. The van der Waals surface area contributed by atoms with Gasteiger partial charge in [0.2, 0.25) is 11.9 Å². The van der Waals surface area contributed by atoms with Gasteiger partial charge >= 0.3 is 0 Å². The van der Waals surface area contributed by atoms with Gasteiger partial charge in [-0.05, 0) is 60.3 Å². The van der Waals surface area contributed by atoms with Crippen LogP contribution < -0.4 is 20.4 Å². The van der Waals surface area contributed by atoms with Crippen LogP contribution in [0.4, 0.5) is 16.7 Å². The third-order valence-corrected chi connectivity index (χ3v) is 7.41. The topological polar surface area (TPSA) is 116 Å². The van der Waals surface area contributed by atoms with Crippen LogP contribution in [0.15, 0.2) is 53.8 Å². The van der Waals surface area contributed by atoms with Crippen LogP contribution in [0.5, 0.6) is 0 Å². The lowest BCUT2D eigenvalue weighted by atomic mass is 9.96. The molecule has 4 heterocycles. The Balaban J connectivity index is 1.13. The number of carbonyl (C=O) groups excluding carboxylic acids is 2. The average molecular weight is 531 g/mol. The molecule has 196 valence electrons. The minimum atomic E-state index is -0.383. The Morgan fingerprint density at radius 1 is 1.11 bits per heavy atom. The van der Waals surface area contributed by atoms with Gasteiger partial charge in [-0.25, -0.2) is 19.9 Å². The predicted molar refractivity (Wildman–Crippen MR) is 150 cm³/mol. The zero-order valence-electron chi connectivity index (χ0n) is 21.4. The Bertz CT molecular complexity index is 1340. The Morgan fingerprint density at radius 3 is 2.58 bits per heavy atom. The molecule has 5 rings (SSSR count). The Hall–Kier alpha value is -3.83. The van der Waals surface area contributed by atoms with Crippen molar-refractivity contribution in [1.29, 1.82) is 0 Å². The number of imide groups is 1. The molecule has 0 atom stereocenters. The molecule has 0 aliphatic carbocycles. The normalized spacial score (nSPS) is 17.2. The number of rotatable bonds is 8. The predicted octanol–water partition coefficient (Wildman–Crippen LogP) is 3.33. The van der Waals surface area contributed by atoms with Crippen molar-refractivity contribution in [1.82, 2.24) is 30.6 Å². The van der Waals surface area contributed by atoms with Crippen LogP contribution in [-0.2, 0) is 11.3 Å². The number of nitrogens with one attached hydrogen (secondary N) is 2. The summed E-state index contributed by atoms with van der Waals surface area (Å²) in [5, 5.41) is 5.55. The van der Waals surface area contributed by atoms with Gasteiger partial charge in [0.25, 0.3) is 11.1 Å². The van der Waals surface area contributed by atoms with E-state index >= 15 is 0 Å². The monoisotopic (exact) mass is 530 g/mol. The highest BCUT2D eigenvalue weighted by Gasteiger charge is 2.26. The summed E-state index contributed by atoms with van der Waals surface area (Å²) in [6.45, 7) is 3.45. The largest absolute Gasteiger partial charge is 0.347 e. The Morgan fingerprint density at radius 2 is 1.87 bits per heavy atom. The first-order chi connectivity index (χ1) is 18.5. The van der Waals surface area contributed by atoms with E-state index < -0.39 is 0 Å². The molecule has 2 aromatic heterocycles. The fourth-order valence-electron chi connectivity index (χ4n) is 4.55. The lowest BCUT2D eigenvalue weighted by Crippen LogP contribution is -2.38. The Kier molecular flexibility index (Phi) is 7.94. The molecule has 0 saturated carbocycles. The molecule has 2 N–H and O–H groups in total. The summed E-state index contributed by atoms with van der Waals surface area (Å²) in [7, 11) is 3.86. The summed E-state index contributed by atoms with van der Waals surface area (Å²) in [6.07, 6.45) is 9.16. The summed E-state index contributed by atoms with van der Waals surface area (Å²) in [6, 6.07) is 10.1. The second-order valence-electron chi connectivity index (χ2n) is 9.52. The van der Waals surface area contributed by atoms with E-state index in [0.717, 1.165) is 61.9 Å². The number of piperidine rings is 1. The SMILES string of the molecule is CN(C)c1ncc(-c2ccccc2CNCC2CCN(c3nccc(/C=C4/SC(=O)NC4=O)n3)CC2)cn1. The number of thioether (sulfide) groups is 1. The molecule has 0 radical (unpaired) electrons. The lowest BCUT2D eigenvalue weighted by molar-refractivity contribution is -0.115. The molecule has 1 aromatic carbocycles. The molecular formula is C27H30N8O2S. The maximum Gasteiger partial charge on any atom is 0.290 e. The molecule has 2 amide bonds. The Labute approximate surface area is 226 Å². The van der Waals surface area contributed by atoms with Gasteiger partial charge in [0.05, 0.1) is 10.6 Å². The minimum absolute atomic E-state index is 0.351. The number of benzene rings is 1. The number of carbonyl (C=O) groups is 2. The first-order valence-corrected chi connectivity index (χ1v) is 13.4. The molecule has 0 spiro atoms. The van der Waals surface area contributed by atoms with E-state index in [-0.39, 0.29) is 11.1 Å². The van der Waals surface area contributed by atoms with Crippen molar-refractivity contribution < 1.29 is 9.59 Å². The highest BCUT2D eigenvalue weighted by atomic mass is 32.2. The fourth-order valence-corrected chi connectivity index (χ4v) is 5.21. The molecule has 38 heavy (non-hydrogen) atoms. The maximum atomic E-state index is 11.8. The van der Waals surface area contributed by atoms with Crippen molar-refractivity contribution in [2.45, 2.75) is 19.4 Å². The van der Waals surface area contributed by atoms with E-state index in [9.17, 15) is 9.59 Å². The molecular weight excluding hydrogens is 500 g/mol. The first-order valence-electron chi connectivity index (χ1n) is 12.6. The van der Waals surface area contributed by atoms with Crippen LogP contribution in [0.1, 0.15) is 24.1 Å². The number of hydrogen-bond acceptors (Lipinski definition) is 10. The number of amides is 2. The molecule has 2 aliphatic heterocycles. The highest BCUT2D eigenvalue weighted by molar-refractivity contribution is 8.18. The van der Waals surface area contributed by atoms with E-state index in [1.165, 1.54) is 5.56 Å². The van der Waals surface area contributed by atoms with Crippen molar-refractivity contribution in [2.75, 3.05) is 43.5 Å². The van der Waals surface area contributed by atoms with Crippen molar-refractivity contribution in [2.24, 2.45) is 5.92 Å². The van der Waals surface area contributed by atoms with E-state index in [1.54, 1.807) is 18.3 Å². The van der Waals surface area contributed by atoms with Gasteiger partial charge in [-0.3, -0.25) is 14.9 Å². The molecule has 0 bridgehead atoms. The summed E-state index contributed by atoms with van der Waals surface area (Å²) in [4.78, 5) is 45.6. The molecule has 3 aromatic rings. The minimum Gasteiger partial charge on any atom is -0.347 e. The molecule has 11 heteroatoms. The number of hydrogen-bond donors (Lipinski definition) is 2. The van der Waals surface area contributed by atoms with Crippen LogP contribution in [0.3, 0.4) is 0 Å². The van der Waals surface area contributed by atoms with Gasteiger partial charge in [0, 0.05) is 57.9 Å². The zero-order valence-corrected chi connectivity index (χ0v) is 22.2. The molecule has 2 fully saturated rings. The smallest absolute Gasteiger partial charge is 0.290 e. The second kappa shape index (κ2) is 11.7. The molecule has 2 saturated heterocycles. The van der Waals surface area contributed by atoms with Crippen LogP contribution in [0, 0.1) is 5.92 Å². The van der Waals surface area contributed by atoms with E-state index in [0.29, 0.717) is 28.4 Å². The fraction of sp³-hybridized carbons (Fsp3) is 0.333. The molecule has 10 nitrogen and oxygen atoms in total. The summed E-state index contributed by atoms with van der Waals surface area (Å²) >= 11 is 0.890. The van der Waals surface area contributed by atoms with Crippen molar-refractivity contribution in [3.8, 4) is 11.1 Å². The van der Waals surface area contributed by atoms with Crippen LogP contribution in [0.25, 0.3) is 17.2 Å². The van der Waals surface area contributed by atoms with E-state index in [2.05, 4.69) is 53.7 Å². The summed E-state index contributed by atoms with van der Waals surface area (Å²) in [5.74, 6) is 1.53. The van der Waals surface area contributed by atoms with Gasteiger partial charge in [0.15, 0.2) is 0 Å². The number of anilines is 2. The lowest BCUT2D eigenvalue weighted by Gasteiger charge is -2.32. The van der Waals surface area contributed by atoms with Crippen LogP contribution in [0.2, 0.25) is 0 Å². The third kappa shape index (κ3) is 6.17. The van der Waals surface area contributed by atoms with Crippen LogP contribution in [-0.4, -0.2) is 64.8 Å². The van der Waals surface area contributed by atoms with E-state index in [1.807, 2.05) is 37.5 Å². The summed E-state index contributed by atoms with van der Waals surface area (Å²) < 4.78 is 0. The van der Waals surface area contributed by atoms with Crippen molar-refractivity contribution in [3.05, 3.63) is 65.1 Å². The second-order valence-corrected chi connectivity index (χ2v) is 10.5. The van der Waals surface area contributed by atoms with Gasteiger partial charge in [-0.2, -0.15) is 0 Å². The number of aromatic nitrogens is 4. The van der Waals surface area contributed by atoms with Crippen molar-refractivity contribution in [3.63, 3.8) is 0 Å². The number of nitrogens with zero attached hydrogens (tertiary/aromatic N) is 6. The summed E-state index contributed by atoms with van der Waals surface area (Å²) in [5.41, 5.74) is 4.00. The molecule has 2 aliphatic rings. The van der Waals surface area contributed by atoms with E-state index in [4.69, 9.17) is 0 Å². The van der Waals surface area contributed by atoms with Gasteiger partial charge in [-0.15, -0.1) is 0 Å². The standard InChI is InChI=1S/C27H30N8O2S/c1-34(2)25-30-16-20(17-31-25)22-6-4-3-5-19(22)15-28-14-18-8-11-35(12-9-18)26-29-10-7-21(32-26)13-23-24(36)33-27(37)38-23/h3-7,10,13,16-18,28H,8-9,11-12,14-15H2,1-2H3,(H,33,36,37)/b23-13+. The molecule has 0 unspecified atom stereocenters. The van der Waals surface area contributed by atoms with Crippen molar-refractivity contribution >= 4 is 40.9 Å². The maximum absolute atomic E-state index is 11.8. The van der Waals surface area contributed by atoms with Gasteiger partial charge in [-0.1, -0.05) is 24.3 Å². The van der Waals surface area contributed by atoms with Crippen LogP contribution >= 0.6 is 11.8 Å². The van der Waals surface area contributed by atoms with Gasteiger partial charge in [0.1, 0.15) is 0 Å². The highest BCUT2D eigenvalue weighted by Crippen LogP contribution is 2.27. The zero-order chi connectivity index (χ0) is 26.5.